The van der Waals surface area contributed by atoms with E-state index in [1.165, 1.54) is 12.3 Å². The van der Waals surface area contributed by atoms with Crippen LogP contribution in [0, 0.1) is 0 Å². The average molecular weight is 174 g/mol. The van der Waals surface area contributed by atoms with Crippen LogP contribution in [0.1, 0.15) is 0 Å². The van der Waals surface area contributed by atoms with Crippen molar-refractivity contribution in [3.8, 4) is 0 Å². The van der Waals surface area contributed by atoms with Gasteiger partial charge in [-0.05, 0) is 6.07 Å². The third kappa shape index (κ3) is 2.05. The van der Waals surface area contributed by atoms with Gasteiger partial charge in [0.15, 0.2) is 0 Å². The van der Waals surface area contributed by atoms with Gasteiger partial charge in [0.1, 0.15) is 0 Å². The number of rotatable bonds is 2. The molecule has 0 aliphatic rings. The van der Waals surface area contributed by atoms with Gasteiger partial charge in [0, 0.05) is 18.0 Å². The first-order valence-corrected chi connectivity index (χ1v) is 3.33. The van der Waals surface area contributed by atoms with Crippen molar-refractivity contribution in [1.29, 1.82) is 0 Å². The molecule has 0 saturated heterocycles. The second-order valence-corrected chi connectivity index (χ2v) is 2.34. The Morgan fingerprint density at radius 3 is 2.75 bits per heavy atom. The van der Waals surface area contributed by atoms with Gasteiger partial charge in [0.2, 0.25) is 0 Å². The topological polar surface area (TPSA) is 48.0 Å². The number of hydrogen-bond acceptors (Lipinski definition) is 2. The van der Waals surface area contributed by atoms with Crippen LogP contribution < -0.4 is 11.3 Å². The Kier molecular flexibility index (Phi) is 2.42. The van der Waals surface area contributed by atoms with E-state index in [2.05, 4.69) is 0 Å². The van der Waals surface area contributed by atoms with Gasteiger partial charge in [0.05, 0.1) is 6.54 Å². The maximum atomic E-state index is 11.8. The molecule has 3 nitrogen and oxygen atoms in total. The Hall–Kier alpha value is -1.39. The summed E-state index contributed by atoms with van der Waals surface area (Å²) in [6.45, 7) is -0.607. The van der Waals surface area contributed by atoms with E-state index in [1.807, 2.05) is 0 Å². The lowest BCUT2D eigenvalue weighted by Gasteiger charge is -2.04. The highest BCUT2D eigenvalue weighted by atomic mass is 19.3. The van der Waals surface area contributed by atoms with E-state index in [-0.39, 0.29) is 0 Å². The molecule has 0 amide bonds. The lowest BCUT2D eigenvalue weighted by atomic mass is 10.4. The van der Waals surface area contributed by atoms with E-state index in [0.29, 0.717) is 5.69 Å². The fraction of sp³-hybridized carbons (Fsp3) is 0.286. The van der Waals surface area contributed by atoms with Gasteiger partial charge >= 0.3 is 0 Å². The van der Waals surface area contributed by atoms with E-state index in [9.17, 15) is 13.6 Å². The third-order valence-corrected chi connectivity index (χ3v) is 1.34. The number of pyridine rings is 1. The third-order valence-electron chi connectivity index (χ3n) is 1.34. The summed E-state index contributed by atoms with van der Waals surface area (Å²) >= 11 is 0. The minimum atomic E-state index is -2.54. The van der Waals surface area contributed by atoms with Crippen molar-refractivity contribution in [1.82, 2.24) is 4.57 Å². The van der Waals surface area contributed by atoms with Crippen LogP contribution in [0.15, 0.2) is 23.1 Å². The molecule has 1 aromatic heterocycles. The van der Waals surface area contributed by atoms with Gasteiger partial charge < -0.3 is 10.3 Å². The predicted molar refractivity (Wildman–Crippen MR) is 41.1 cm³/mol. The van der Waals surface area contributed by atoms with Crippen LogP contribution in [0.3, 0.4) is 0 Å². The van der Waals surface area contributed by atoms with Gasteiger partial charge in [-0.2, -0.15) is 0 Å². The molecule has 0 radical (unpaired) electrons. The van der Waals surface area contributed by atoms with Crippen LogP contribution in [0.2, 0.25) is 0 Å². The molecule has 0 bridgehead atoms. The molecule has 66 valence electrons. The van der Waals surface area contributed by atoms with Crippen molar-refractivity contribution in [2.75, 3.05) is 5.73 Å². The lowest BCUT2D eigenvalue weighted by Crippen LogP contribution is -2.22. The maximum Gasteiger partial charge on any atom is 0.256 e. The van der Waals surface area contributed by atoms with Crippen LogP contribution in [0.25, 0.3) is 0 Å². The number of aromatic nitrogens is 1. The number of nitrogens with zero attached hydrogens (tertiary/aromatic N) is 1. The Labute approximate surface area is 67.4 Å². The van der Waals surface area contributed by atoms with Crippen LogP contribution in [-0.4, -0.2) is 11.0 Å². The first-order chi connectivity index (χ1) is 5.59. The second kappa shape index (κ2) is 3.34. The quantitative estimate of drug-likeness (QED) is 0.717. The standard InChI is InChI=1S/C7H8F2N2O/c8-6(9)4-11-3-5(10)1-2-7(11)12/h1-3,6H,4,10H2. The molecule has 5 heteroatoms. The second-order valence-electron chi connectivity index (χ2n) is 2.34. The molecule has 1 heterocycles. The largest absolute Gasteiger partial charge is 0.398 e. The van der Waals surface area contributed by atoms with Gasteiger partial charge in [0.25, 0.3) is 12.0 Å². The van der Waals surface area contributed by atoms with Crippen molar-refractivity contribution in [3.05, 3.63) is 28.7 Å². The molecule has 12 heavy (non-hydrogen) atoms. The fourth-order valence-electron chi connectivity index (χ4n) is 0.841. The number of hydrogen-bond donors (Lipinski definition) is 1. The number of halogens is 2. The molecule has 0 saturated carbocycles. The number of anilines is 1. The smallest absolute Gasteiger partial charge is 0.256 e. The summed E-state index contributed by atoms with van der Waals surface area (Å²) in [5.41, 5.74) is 5.13. The summed E-state index contributed by atoms with van der Waals surface area (Å²) in [6.07, 6.45) is -1.33. The van der Waals surface area contributed by atoms with Crippen LogP contribution >= 0.6 is 0 Å². The highest BCUT2D eigenvalue weighted by molar-refractivity contribution is 5.33. The summed E-state index contributed by atoms with van der Waals surface area (Å²) in [6, 6.07) is 2.54. The Balaban J connectivity index is 2.98. The van der Waals surface area contributed by atoms with Crippen molar-refractivity contribution < 1.29 is 8.78 Å². The van der Waals surface area contributed by atoms with Crippen LogP contribution in [0.5, 0.6) is 0 Å². The van der Waals surface area contributed by atoms with Crippen molar-refractivity contribution in [2.45, 2.75) is 13.0 Å². The maximum absolute atomic E-state index is 11.8. The Bertz CT molecular complexity index is 321. The van der Waals surface area contributed by atoms with Crippen LogP contribution in [-0.2, 0) is 6.54 Å². The van der Waals surface area contributed by atoms with E-state index in [4.69, 9.17) is 5.73 Å². The molecule has 2 N–H and O–H groups in total. The SMILES string of the molecule is Nc1ccc(=O)n(CC(F)F)c1. The van der Waals surface area contributed by atoms with Gasteiger partial charge in [-0.3, -0.25) is 4.79 Å². The zero-order valence-corrected chi connectivity index (χ0v) is 6.21. The summed E-state index contributed by atoms with van der Waals surface area (Å²) in [7, 11) is 0. The van der Waals surface area contributed by atoms with Gasteiger partial charge in [-0.1, -0.05) is 0 Å². The van der Waals surface area contributed by atoms with Crippen molar-refractivity contribution in [2.24, 2.45) is 0 Å². The van der Waals surface area contributed by atoms with Gasteiger partial charge in [-0.25, -0.2) is 8.78 Å². The molecule has 0 aromatic carbocycles. The van der Waals surface area contributed by atoms with Crippen LogP contribution in [0.4, 0.5) is 14.5 Å². The first-order valence-electron chi connectivity index (χ1n) is 3.33. The zero-order chi connectivity index (χ0) is 9.14. The fourth-order valence-corrected chi connectivity index (χ4v) is 0.841. The Morgan fingerprint density at radius 1 is 1.50 bits per heavy atom. The van der Waals surface area contributed by atoms with Gasteiger partial charge in [-0.15, -0.1) is 0 Å². The molecule has 0 spiro atoms. The predicted octanol–water partition coefficient (Wildman–Crippen LogP) is 0.696. The first kappa shape index (κ1) is 8.70. The summed E-state index contributed by atoms with van der Waals surface area (Å²) < 4.78 is 24.6. The van der Waals surface area contributed by atoms with Crippen molar-refractivity contribution in [3.63, 3.8) is 0 Å². The normalized spacial score (nSPS) is 10.6. The summed E-state index contributed by atoms with van der Waals surface area (Å²) in [5, 5.41) is 0. The molecule has 0 aliphatic carbocycles. The number of nitrogen functional groups attached to an aromatic ring is 1. The van der Waals surface area contributed by atoms with E-state index in [1.54, 1.807) is 0 Å². The molecule has 1 rings (SSSR count). The van der Waals surface area contributed by atoms with E-state index < -0.39 is 18.5 Å². The monoisotopic (exact) mass is 174 g/mol. The summed E-state index contributed by atoms with van der Waals surface area (Å²) in [5.74, 6) is 0. The molecule has 0 unspecified atom stereocenters. The van der Waals surface area contributed by atoms with Crippen molar-refractivity contribution >= 4 is 5.69 Å². The molecule has 1 aromatic rings. The average Bonchev–Trinajstić information content (AvgIpc) is 1.96. The minimum Gasteiger partial charge on any atom is -0.398 e. The summed E-state index contributed by atoms with van der Waals surface area (Å²) in [4.78, 5) is 10.9. The van der Waals surface area contributed by atoms with E-state index >= 15 is 0 Å². The molecule has 0 aliphatic heterocycles. The Morgan fingerprint density at radius 2 is 2.17 bits per heavy atom. The molecule has 0 atom stereocenters. The number of nitrogens with two attached hydrogens (primary N) is 1. The minimum absolute atomic E-state index is 0.301. The zero-order valence-electron chi connectivity index (χ0n) is 6.21. The number of alkyl halides is 2. The molecular weight excluding hydrogens is 166 g/mol. The highest BCUT2D eigenvalue weighted by Crippen LogP contribution is 1.99. The lowest BCUT2D eigenvalue weighted by molar-refractivity contribution is 0.125. The highest BCUT2D eigenvalue weighted by Gasteiger charge is 2.04. The molecule has 0 fully saturated rings. The molecular formula is C7H8F2N2O. The van der Waals surface area contributed by atoms with E-state index in [0.717, 1.165) is 10.6 Å².